The molecular formula is C28H33NO4. The van der Waals surface area contributed by atoms with Crippen molar-refractivity contribution in [2.24, 2.45) is 0 Å². The van der Waals surface area contributed by atoms with Gasteiger partial charge in [0.15, 0.2) is 0 Å². The van der Waals surface area contributed by atoms with E-state index < -0.39 is 12.1 Å². The summed E-state index contributed by atoms with van der Waals surface area (Å²) in [7, 11) is 0. The number of carbonyl (C=O) groups is 1. The average molecular weight is 448 g/mol. The topological polar surface area (TPSA) is 59.0 Å². The molecule has 33 heavy (non-hydrogen) atoms. The molecule has 3 rings (SSSR count). The van der Waals surface area contributed by atoms with Gasteiger partial charge in [0.25, 0.3) is 0 Å². The van der Waals surface area contributed by atoms with Crippen molar-refractivity contribution in [1.29, 1.82) is 0 Å². The van der Waals surface area contributed by atoms with Crippen LogP contribution < -0.4 is 9.64 Å². The Morgan fingerprint density at radius 2 is 1.48 bits per heavy atom. The highest BCUT2D eigenvalue weighted by atomic mass is 16.6. The van der Waals surface area contributed by atoms with Gasteiger partial charge in [-0.1, -0.05) is 81.4 Å². The second-order valence-corrected chi connectivity index (χ2v) is 9.15. The average Bonchev–Trinajstić information content (AvgIpc) is 2.82. The van der Waals surface area contributed by atoms with Crippen LogP contribution in [0.5, 0.6) is 5.75 Å². The van der Waals surface area contributed by atoms with E-state index in [0.29, 0.717) is 12.3 Å². The van der Waals surface area contributed by atoms with Gasteiger partial charge in [0.05, 0.1) is 12.6 Å². The van der Waals surface area contributed by atoms with Gasteiger partial charge in [-0.15, -0.1) is 0 Å². The van der Waals surface area contributed by atoms with E-state index in [-0.39, 0.29) is 18.6 Å². The molecule has 0 aliphatic carbocycles. The third-order valence-electron chi connectivity index (χ3n) is 5.39. The summed E-state index contributed by atoms with van der Waals surface area (Å²) in [6, 6.07) is 24.8. The first-order valence-electron chi connectivity index (χ1n) is 11.2. The van der Waals surface area contributed by atoms with E-state index in [1.165, 1.54) is 4.90 Å². The largest absolute Gasteiger partial charge is 0.489 e. The maximum atomic E-state index is 13.0. The van der Waals surface area contributed by atoms with E-state index in [9.17, 15) is 9.90 Å². The normalized spacial score (nSPS) is 12.2. The Balaban J connectivity index is 1.86. The molecule has 0 bridgehead atoms. The van der Waals surface area contributed by atoms with Gasteiger partial charge in [0.1, 0.15) is 19.0 Å². The highest BCUT2D eigenvalue weighted by Gasteiger charge is 2.27. The molecule has 1 amide bonds. The lowest BCUT2D eigenvalue weighted by Crippen LogP contribution is -2.41. The SMILES string of the molecule is CC(CO)N(C(=O)OCc1ccccc1)c1ccc(OCc2ccccc2)c(C(C)(C)C)c1. The van der Waals surface area contributed by atoms with Crippen molar-refractivity contribution in [1.82, 2.24) is 0 Å². The van der Waals surface area contributed by atoms with Crippen molar-refractivity contribution in [3.63, 3.8) is 0 Å². The number of carbonyl (C=O) groups excluding carboxylic acids is 1. The van der Waals surface area contributed by atoms with Crippen LogP contribution in [0.3, 0.4) is 0 Å². The number of aliphatic hydroxyl groups is 1. The number of benzene rings is 3. The van der Waals surface area contributed by atoms with E-state index in [1.807, 2.05) is 78.9 Å². The molecule has 0 saturated heterocycles. The lowest BCUT2D eigenvalue weighted by atomic mass is 9.86. The van der Waals surface area contributed by atoms with Crippen LogP contribution in [0.1, 0.15) is 44.4 Å². The van der Waals surface area contributed by atoms with Crippen LogP contribution >= 0.6 is 0 Å². The van der Waals surface area contributed by atoms with Crippen LogP contribution in [-0.2, 0) is 23.4 Å². The third-order valence-corrected chi connectivity index (χ3v) is 5.39. The Morgan fingerprint density at radius 1 is 0.909 bits per heavy atom. The van der Waals surface area contributed by atoms with Crippen LogP contribution in [0.25, 0.3) is 0 Å². The van der Waals surface area contributed by atoms with E-state index in [4.69, 9.17) is 9.47 Å². The molecular weight excluding hydrogens is 414 g/mol. The molecule has 0 heterocycles. The van der Waals surface area contributed by atoms with Crippen LogP contribution in [-0.4, -0.2) is 23.8 Å². The van der Waals surface area contributed by atoms with Crippen molar-refractivity contribution in [2.45, 2.75) is 52.4 Å². The molecule has 1 unspecified atom stereocenters. The lowest BCUT2D eigenvalue weighted by Gasteiger charge is -2.30. The number of anilines is 1. The Morgan fingerprint density at radius 3 is 2.03 bits per heavy atom. The summed E-state index contributed by atoms with van der Waals surface area (Å²) < 4.78 is 11.7. The number of nitrogens with zero attached hydrogens (tertiary/aromatic N) is 1. The maximum absolute atomic E-state index is 13.0. The summed E-state index contributed by atoms with van der Waals surface area (Å²) in [6.45, 7) is 8.55. The molecule has 0 aromatic heterocycles. The molecule has 0 spiro atoms. The summed E-state index contributed by atoms with van der Waals surface area (Å²) >= 11 is 0. The zero-order chi connectivity index (χ0) is 23.8. The molecule has 0 radical (unpaired) electrons. The summed E-state index contributed by atoms with van der Waals surface area (Å²) in [4.78, 5) is 14.5. The molecule has 1 atom stereocenters. The first-order valence-corrected chi connectivity index (χ1v) is 11.2. The summed E-state index contributed by atoms with van der Waals surface area (Å²) in [5.41, 5.74) is 3.40. The van der Waals surface area contributed by atoms with Crippen molar-refractivity contribution < 1.29 is 19.4 Å². The molecule has 0 fully saturated rings. The first kappa shape index (κ1) is 24.3. The molecule has 0 aliphatic rings. The Kier molecular flexibility index (Phi) is 8.12. The predicted octanol–water partition coefficient (Wildman–Crippen LogP) is 6.09. The zero-order valence-corrected chi connectivity index (χ0v) is 19.8. The fourth-order valence-corrected chi connectivity index (χ4v) is 3.53. The van der Waals surface area contributed by atoms with E-state index in [2.05, 4.69) is 20.8 Å². The first-order chi connectivity index (χ1) is 15.8. The second-order valence-electron chi connectivity index (χ2n) is 9.15. The highest BCUT2D eigenvalue weighted by molar-refractivity contribution is 5.88. The van der Waals surface area contributed by atoms with Gasteiger partial charge >= 0.3 is 6.09 Å². The summed E-state index contributed by atoms with van der Waals surface area (Å²) in [5.74, 6) is 0.768. The van der Waals surface area contributed by atoms with E-state index in [0.717, 1.165) is 22.4 Å². The minimum absolute atomic E-state index is 0.165. The second kappa shape index (κ2) is 11.0. The quantitative estimate of drug-likeness (QED) is 0.454. The number of rotatable bonds is 8. The Bertz CT molecular complexity index is 1030. The van der Waals surface area contributed by atoms with Crippen LogP contribution in [0, 0.1) is 0 Å². The predicted molar refractivity (Wildman–Crippen MR) is 132 cm³/mol. The number of hydrogen-bond donors (Lipinski definition) is 1. The van der Waals surface area contributed by atoms with Gasteiger partial charge in [-0.25, -0.2) is 4.79 Å². The molecule has 3 aromatic carbocycles. The molecule has 0 aliphatic heterocycles. The van der Waals surface area contributed by atoms with Gasteiger partial charge in [-0.05, 0) is 41.7 Å². The lowest BCUT2D eigenvalue weighted by molar-refractivity contribution is 0.141. The van der Waals surface area contributed by atoms with Gasteiger partial charge in [0.2, 0.25) is 0 Å². The van der Waals surface area contributed by atoms with Gasteiger partial charge < -0.3 is 14.6 Å². The van der Waals surface area contributed by atoms with Gasteiger partial charge in [-0.2, -0.15) is 0 Å². The Labute approximate surface area is 196 Å². The Hall–Kier alpha value is -3.31. The number of amides is 1. The maximum Gasteiger partial charge on any atom is 0.414 e. The van der Waals surface area contributed by atoms with Crippen molar-refractivity contribution in [3.05, 3.63) is 95.6 Å². The molecule has 5 heteroatoms. The standard InChI is InChI=1S/C28H33NO4/c1-21(18-30)29(27(31)33-20-23-13-9-6-10-14-23)24-15-16-26(25(17-24)28(2,3)4)32-19-22-11-7-5-8-12-22/h5-17,21,30H,18-20H2,1-4H3. The number of hydrogen-bond acceptors (Lipinski definition) is 4. The minimum Gasteiger partial charge on any atom is -0.489 e. The van der Waals surface area contributed by atoms with E-state index >= 15 is 0 Å². The number of aliphatic hydroxyl groups excluding tert-OH is 1. The molecule has 5 nitrogen and oxygen atoms in total. The van der Waals surface area contributed by atoms with Gasteiger partial charge in [0, 0.05) is 11.3 Å². The van der Waals surface area contributed by atoms with Gasteiger partial charge in [-0.3, -0.25) is 4.90 Å². The van der Waals surface area contributed by atoms with Crippen LogP contribution in [0.15, 0.2) is 78.9 Å². The summed E-state index contributed by atoms with van der Waals surface area (Å²) in [6.07, 6.45) is -0.502. The highest BCUT2D eigenvalue weighted by Crippen LogP contribution is 2.36. The fourth-order valence-electron chi connectivity index (χ4n) is 3.53. The van der Waals surface area contributed by atoms with Crippen molar-refractivity contribution >= 4 is 11.8 Å². The van der Waals surface area contributed by atoms with Crippen molar-refractivity contribution in [3.8, 4) is 5.75 Å². The monoisotopic (exact) mass is 447 g/mol. The smallest absolute Gasteiger partial charge is 0.414 e. The van der Waals surface area contributed by atoms with Crippen LogP contribution in [0.4, 0.5) is 10.5 Å². The molecule has 0 saturated carbocycles. The van der Waals surface area contributed by atoms with Crippen molar-refractivity contribution in [2.75, 3.05) is 11.5 Å². The van der Waals surface area contributed by atoms with E-state index in [1.54, 1.807) is 6.92 Å². The number of ether oxygens (including phenoxy) is 2. The molecule has 1 N–H and O–H groups in total. The minimum atomic E-state index is -0.502. The molecule has 174 valence electrons. The third kappa shape index (κ3) is 6.59. The van der Waals surface area contributed by atoms with Crippen LogP contribution in [0.2, 0.25) is 0 Å². The molecule has 3 aromatic rings. The fraction of sp³-hybridized carbons (Fsp3) is 0.321. The zero-order valence-electron chi connectivity index (χ0n) is 19.8. The summed E-state index contributed by atoms with van der Waals surface area (Å²) in [5, 5.41) is 9.82.